The molecule has 0 spiro atoms. The zero-order valence-electron chi connectivity index (χ0n) is 11.6. The number of benzene rings is 1. The van der Waals surface area contributed by atoms with Crippen molar-refractivity contribution < 1.29 is 5.11 Å². The molecule has 0 radical (unpaired) electrons. The van der Waals surface area contributed by atoms with E-state index in [1.807, 2.05) is 16.8 Å². The number of aromatic nitrogens is 3. The molecule has 102 valence electrons. The lowest BCUT2D eigenvalue weighted by Crippen LogP contribution is -2.08. The summed E-state index contributed by atoms with van der Waals surface area (Å²) in [6, 6.07) is 8.29. The van der Waals surface area contributed by atoms with Crippen LogP contribution in [0.5, 0.6) is 0 Å². The number of hydrogen-bond acceptors (Lipinski definition) is 3. The molecule has 0 bridgehead atoms. The van der Waals surface area contributed by atoms with Crippen molar-refractivity contribution in [1.29, 1.82) is 0 Å². The quantitative estimate of drug-likeness (QED) is 0.867. The number of aliphatic hydroxyl groups excluding tert-OH is 1. The van der Waals surface area contributed by atoms with E-state index in [-0.39, 0.29) is 6.61 Å². The molecule has 0 unspecified atom stereocenters. The van der Waals surface area contributed by atoms with E-state index >= 15 is 0 Å². The van der Waals surface area contributed by atoms with Gasteiger partial charge in [-0.2, -0.15) is 0 Å². The average Bonchev–Trinajstić information content (AvgIpc) is 2.81. The first kappa shape index (κ1) is 13.7. The summed E-state index contributed by atoms with van der Waals surface area (Å²) in [6.45, 7) is 4.95. The predicted octanol–water partition coefficient (Wildman–Crippen LogP) is 2.47. The molecule has 0 amide bonds. The van der Waals surface area contributed by atoms with E-state index in [4.69, 9.17) is 0 Å². The second-order valence-electron chi connectivity index (χ2n) is 4.83. The highest BCUT2D eigenvalue weighted by molar-refractivity contribution is 5.26. The molecule has 0 fully saturated rings. The highest BCUT2D eigenvalue weighted by Gasteiger charge is 2.12. The maximum absolute atomic E-state index is 9.34. The Hall–Kier alpha value is -1.68. The van der Waals surface area contributed by atoms with Crippen molar-refractivity contribution >= 4 is 0 Å². The van der Waals surface area contributed by atoms with Crippen LogP contribution >= 0.6 is 0 Å². The smallest absolute Gasteiger partial charge is 0.111 e. The van der Waals surface area contributed by atoms with Crippen LogP contribution in [0.25, 0.3) is 0 Å². The minimum Gasteiger partial charge on any atom is -0.390 e. The third kappa shape index (κ3) is 3.20. The number of aryl methyl sites for hydroxylation is 1. The summed E-state index contributed by atoms with van der Waals surface area (Å²) in [5, 5.41) is 17.6. The molecule has 2 rings (SSSR count). The fourth-order valence-corrected chi connectivity index (χ4v) is 2.18. The number of hydrogen-bond donors (Lipinski definition) is 1. The van der Waals surface area contributed by atoms with Crippen LogP contribution in [0.3, 0.4) is 0 Å². The molecule has 0 saturated heterocycles. The van der Waals surface area contributed by atoms with Crippen LogP contribution in [0.2, 0.25) is 0 Å². The van der Waals surface area contributed by atoms with Gasteiger partial charge < -0.3 is 5.11 Å². The summed E-state index contributed by atoms with van der Waals surface area (Å²) >= 11 is 0. The topological polar surface area (TPSA) is 50.9 Å². The lowest BCUT2D eigenvalue weighted by Gasteiger charge is -2.09. The minimum atomic E-state index is -0.0349. The van der Waals surface area contributed by atoms with E-state index in [9.17, 15) is 5.11 Å². The van der Waals surface area contributed by atoms with E-state index in [0.29, 0.717) is 5.69 Å². The van der Waals surface area contributed by atoms with Gasteiger partial charge in [0.2, 0.25) is 0 Å². The molecule has 1 aromatic heterocycles. The fourth-order valence-electron chi connectivity index (χ4n) is 2.18. The van der Waals surface area contributed by atoms with Crippen molar-refractivity contribution in [2.45, 2.75) is 46.3 Å². The van der Waals surface area contributed by atoms with Crippen LogP contribution in [0.4, 0.5) is 0 Å². The standard InChI is InChI=1S/C15H21N3O/c1-3-4-9-15-14(11-19)16-17-18(15)10-13-8-6-5-7-12(13)2/h5-8,19H,3-4,9-11H2,1-2H3. The first-order valence-electron chi connectivity index (χ1n) is 6.82. The van der Waals surface area contributed by atoms with Crippen molar-refractivity contribution in [1.82, 2.24) is 15.0 Å². The number of aliphatic hydroxyl groups is 1. The molecule has 0 saturated carbocycles. The first-order chi connectivity index (χ1) is 9.26. The third-order valence-corrected chi connectivity index (χ3v) is 3.42. The van der Waals surface area contributed by atoms with Crippen molar-refractivity contribution in [3.05, 3.63) is 46.8 Å². The molecule has 19 heavy (non-hydrogen) atoms. The van der Waals surface area contributed by atoms with Crippen LogP contribution in [0, 0.1) is 6.92 Å². The predicted molar refractivity (Wildman–Crippen MR) is 74.8 cm³/mol. The molecular weight excluding hydrogens is 238 g/mol. The zero-order chi connectivity index (χ0) is 13.7. The molecule has 0 aliphatic carbocycles. The maximum Gasteiger partial charge on any atom is 0.111 e. The van der Waals surface area contributed by atoms with Gasteiger partial charge in [-0.05, 0) is 30.9 Å². The van der Waals surface area contributed by atoms with Gasteiger partial charge in [0.1, 0.15) is 5.69 Å². The Morgan fingerprint density at radius 2 is 2.05 bits per heavy atom. The number of nitrogens with zero attached hydrogens (tertiary/aromatic N) is 3. The van der Waals surface area contributed by atoms with Crippen LogP contribution in [0.15, 0.2) is 24.3 Å². The highest BCUT2D eigenvalue weighted by Crippen LogP contribution is 2.14. The Bertz CT molecular complexity index is 534. The van der Waals surface area contributed by atoms with Crippen molar-refractivity contribution in [2.75, 3.05) is 0 Å². The maximum atomic E-state index is 9.34. The third-order valence-electron chi connectivity index (χ3n) is 3.42. The minimum absolute atomic E-state index is 0.0349. The van der Waals surface area contributed by atoms with Crippen molar-refractivity contribution in [3.8, 4) is 0 Å². The Morgan fingerprint density at radius 3 is 2.74 bits per heavy atom. The molecule has 1 heterocycles. The Kier molecular flexibility index (Phi) is 4.68. The Labute approximate surface area is 114 Å². The van der Waals surface area contributed by atoms with E-state index in [2.05, 4.69) is 36.3 Å². The SMILES string of the molecule is CCCCc1c(CO)nnn1Cc1ccccc1C. The fraction of sp³-hybridized carbons (Fsp3) is 0.467. The van der Waals surface area contributed by atoms with Crippen LogP contribution in [-0.2, 0) is 19.6 Å². The van der Waals surface area contributed by atoms with Gasteiger partial charge in [-0.15, -0.1) is 5.10 Å². The van der Waals surface area contributed by atoms with E-state index in [1.165, 1.54) is 11.1 Å². The average molecular weight is 259 g/mol. The zero-order valence-corrected chi connectivity index (χ0v) is 11.6. The normalized spacial score (nSPS) is 10.9. The van der Waals surface area contributed by atoms with E-state index < -0.39 is 0 Å². The van der Waals surface area contributed by atoms with Gasteiger partial charge >= 0.3 is 0 Å². The molecule has 2 aromatic rings. The first-order valence-corrected chi connectivity index (χ1v) is 6.82. The molecular formula is C15H21N3O. The molecule has 1 aromatic carbocycles. The van der Waals surface area contributed by atoms with Gasteiger partial charge in [0.25, 0.3) is 0 Å². The van der Waals surface area contributed by atoms with E-state index in [1.54, 1.807) is 0 Å². The van der Waals surface area contributed by atoms with Crippen LogP contribution in [-0.4, -0.2) is 20.1 Å². The van der Waals surface area contributed by atoms with Crippen LogP contribution in [0.1, 0.15) is 42.3 Å². The molecule has 0 aliphatic heterocycles. The monoisotopic (exact) mass is 259 g/mol. The summed E-state index contributed by atoms with van der Waals surface area (Å²) in [7, 11) is 0. The summed E-state index contributed by atoms with van der Waals surface area (Å²) < 4.78 is 1.92. The highest BCUT2D eigenvalue weighted by atomic mass is 16.3. The molecule has 4 heteroatoms. The van der Waals surface area contributed by atoms with Gasteiger partial charge in [0, 0.05) is 0 Å². The summed E-state index contributed by atoms with van der Waals surface area (Å²) in [5.74, 6) is 0. The molecule has 0 atom stereocenters. The van der Waals surface area contributed by atoms with Gasteiger partial charge in [0.05, 0.1) is 18.8 Å². The van der Waals surface area contributed by atoms with Crippen molar-refractivity contribution in [2.24, 2.45) is 0 Å². The molecule has 4 nitrogen and oxygen atoms in total. The number of unbranched alkanes of at least 4 members (excludes halogenated alkanes) is 1. The molecule has 0 aliphatic rings. The molecule has 1 N–H and O–H groups in total. The largest absolute Gasteiger partial charge is 0.390 e. The lowest BCUT2D eigenvalue weighted by molar-refractivity contribution is 0.275. The van der Waals surface area contributed by atoms with Gasteiger partial charge in [-0.25, -0.2) is 4.68 Å². The summed E-state index contributed by atoms with van der Waals surface area (Å²) in [6.07, 6.45) is 3.14. The van der Waals surface area contributed by atoms with Crippen molar-refractivity contribution in [3.63, 3.8) is 0 Å². The van der Waals surface area contributed by atoms with Gasteiger partial charge in [0.15, 0.2) is 0 Å². The van der Waals surface area contributed by atoms with Gasteiger partial charge in [-0.1, -0.05) is 42.8 Å². The van der Waals surface area contributed by atoms with Gasteiger partial charge in [-0.3, -0.25) is 0 Å². The summed E-state index contributed by atoms with van der Waals surface area (Å²) in [5.41, 5.74) is 4.27. The second kappa shape index (κ2) is 6.48. The van der Waals surface area contributed by atoms with E-state index in [0.717, 1.165) is 31.5 Å². The Balaban J connectivity index is 2.24. The second-order valence-corrected chi connectivity index (χ2v) is 4.83. The van der Waals surface area contributed by atoms with Crippen LogP contribution < -0.4 is 0 Å². The Morgan fingerprint density at radius 1 is 1.26 bits per heavy atom. The number of rotatable bonds is 6. The lowest BCUT2D eigenvalue weighted by atomic mass is 10.1. The summed E-state index contributed by atoms with van der Waals surface area (Å²) in [4.78, 5) is 0.